The maximum absolute atomic E-state index is 13.3. The first kappa shape index (κ1) is 22.5. The number of sulfone groups is 1. The summed E-state index contributed by atoms with van der Waals surface area (Å²) < 4.78 is 38.8. The van der Waals surface area contributed by atoms with Crippen LogP contribution in [0.1, 0.15) is 41.9 Å². The van der Waals surface area contributed by atoms with Crippen LogP contribution in [0.4, 0.5) is 4.39 Å². The number of carbonyl (C=O) groups is 1. The van der Waals surface area contributed by atoms with Gasteiger partial charge < -0.3 is 5.32 Å². The van der Waals surface area contributed by atoms with Gasteiger partial charge in [0.05, 0.1) is 17.8 Å². The Morgan fingerprint density at radius 2 is 1.88 bits per heavy atom. The third-order valence-corrected chi connectivity index (χ3v) is 6.18. The number of nitrogens with zero attached hydrogens (tertiary/aromatic N) is 4. The molecule has 1 amide bonds. The van der Waals surface area contributed by atoms with Gasteiger partial charge >= 0.3 is 0 Å². The van der Waals surface area contributed by atoms with E-state index in [-0.39, 0.29) is 16.5 Å². The van der Waals surface area contributed by atoms with Crippen molar-refractivity contribution in [1.29, 1.82) is 0 Å². The van der Waals surface area contributed by atoms with E-state index in [1.165, 1.54) is 30.6 Å². The number of benzene rings is 1. The van der Waals surface area contributed by atoms with Gasteiger partial charge in [-0.15, -0.1) is 0 Å². The van der Waals surface area contributed by atoms with E-state index in [2.05, 4.69) is 20.3 Å². The molecule has 1 atom stereocenters. The zero-order chi connectivity index (χ0) is 23.6. The molecule has 4 aromatic rings. The summed E-state index contributed by atoms with van der Waals surface area (Å²) in [6.45, 7) is 1.97. The van der Waals surface area contributed by atoms with Crippen LogP contribution in [-0.2, 0) is 9.84 Å². The van der Waals surface area contributed by atoms with Crippen molar-refractivity contribution in [2.24, 2.45) is 0 Å². The number of aromatic nitrogens is 4. The van der Waals surface area contributed by atoms with E-state index in [0.29, 0.717) is 28.9 Å². The molecule has 1 N–H and O–H groups in total. The number of nitrogens with one attached hydrogen (secondary N) is 1. The van der Waals surface area contributed by atoms with Crippen LogP contribution in [0.15, 0.2) is 66.2 Å². The van der Waals surface area contributed by atoms with E-state index in [1.54, 1.807) is 35.0 Å². The lowest BCUT2D eigenvalue weighted by atomic mass is 10.0. The van der Waals surface area contributed by atoms with E-state index in [4.69, 9.17) is 0 Å². The average Bonchev–Trinajstić information content (AvgIpc) is 3.23. The summed E-state index contributed by atoms with van der Waals surface area (Å²) in [6, 6.07) is 8.67. The maximum atomic E-state index is 13.3. The molecule has 4 rings (SSSR count). The van der Waals surface area contributed by atoms with Gasteiger partial charge in [-0.1, -0.05) is 13.3 Å². The third-order valence-electron chi connectivity index (χ3n) is 5.20. The second-order valence-corrected chi connectivity index (χ2v) is 9.60. The minimum absolute atomic E-state index is 0.0460. The van der Waals surface area contributed by atoms with Crippen molar-refractivity contribution in [3.05, 3.63) is 78.3 Å². The van der Waals surface area contributed by atoms with Crippen LogP contribution in [0.25, 0.3) is 16.9 Å². The Bertz CT molecular complexity index is 1420. The molecule has 0 saturated heterocycles. The predicted octanol–water partition coefficient (Wildman–Crippen LogP) is 3.61. The van der Waals surface area contributed by atoms with Crippen molar-refractivity contribution in [2.75, 3.05) is 6.26 Å². The Hall–Kier alpha value is -3.66. The average molecular weight is 468 g/mol. The van der Waals surface area contributed by atoms with Crippen LogP contribution in [0.3, 0.4) is 0 Å². The second kappa shape index (κ2) is 9.07. The number of amides is 1. The third kappa shape index (κ3) is 4.75. The molecule has 1 aromatic carbocycles. The van der Waals surface area contributed by atoms with Crippen molar-refractivity contribution >= 4 is 21.3 Å². The first-order valence-corrected chi connectivity index (χ1v) is 12.2. The van der Waals surface area contributed by atoms with Crippen molar-refractivity contribution in [2.45, 2.75) is 30.8 Å². The van der Waals surface area contributed by atoms with Crippen LogP contribution < -0.4 is 5.32 Å². The molecule has 33 heavy (non-hydrogen) atoms. The number of halogens is 1. The molecular weight excluding hydrogens is 445 g/mol. The predicted molar refractivity (Wildman–Crippen MR) is 121 cm³/mol. The molecule has 8 nitrogen and oxygen atoms in total. The van der Waals surface area contributed by atoms with Crippen LogP contribution in [0.5, 0.6) is 0 Å². The van der Waals surface area contributed by atoms with Gasteiger partial charge in [-0.25, -0.2) is 27.8 Å². The second-order valence-electron chi connectivity index (χ2n) is 7.63. The minimum Gasteiger partial charge on any atom is -0.344 e. The number of imidazole rings is 1. The summed E-state index contributed by atoms with van der Waals surface area (Å²) in [5.41, 5.74) is 2.02. The molecule has 3 aromatic heterocycles. The highest BCUT2D eigenvalue weighted by Crippen LogP contribution is 2.24. The summed E-state index contributed by atoms with van der Waals surface area (Å²) >= 11 is 0. The van der Waals surface area contributed by atoms with Crippen molar-refractivity contribution < 1.29 is 17.6 Å². The SMILES string of the molecule is CCC[C@H](NC(=O)c1nccn2c(-c3ccc(F)cc3)ncc12)c1ccnc(S(C)(=O)=O)c1. The molecule has 3 heterocycles. The number of carbonyl (C=O) groups excluding carboxylic acids is 1. The Morgan fingerprint density at radius 1 is 1.12 bits per heavy atom. The van der Waals surface area contributed by atoms with Crippen LogP contribution in [0, 0.1) is 5.82 Å². The molecule has 0 aliphatic rings. The monoisotopic (exact) mass is 467 g/mol. The lowest BCUT2D eigenvalue weighted by Crippen LogP contribution is -2.29. The van der Waals surface area contributed by atoms with Gasteiger partial charge in [-0.2, -0.15) is 0 Å². The first-order chi connectivity index (χ1) is 15.8. The Labute approximate surface area is 190 Å². The number of fused-ring (bicyclic) bond motifs is 1. The highest BCUT2D eigenvalue weighted by molar-refractivity contribution is 7.90. The van der Waals surface area contributed by atoms with Crippen LogP contribution in [-0.4, -0.2) is 39.9 Å². The largest absolute Gasteiger partial charge is 0.344 e. The lowest BCUT2D eigenvalue weighted by Gasteiger charge is -2.19. The van der Waals surface area contributed by atoms with Crippen LogP contribution in [0.2, 0.25) is 0 Å². The lowest BCUT2D eigenvalue weighted by molar-refractivity contribution is 0.0931. The standard InChI is InChI=1S/C23H22FN5O3S/c1-3-4-18(16-9-10-25-20(13-16)33(2,31)32)28-23(30)21-19-14-27-22(29(19)12-11-26-21)15-5-7-17(24)8-6-15/h5-14,18H,3-4H2,1-2H3,(H,28,30)/t18-/m0/s1. The summed E-state index contributed by atoms with van der Waals surface area (Å²) in [5.74, 6) is -0.209. The van der Waals surface area contributed by atoms with E-state index >= 15 is 0 Å². The van der Waals surface area contributed by atoms with Gasteiger partial charge in [0, 0.05) is 30.4 Å². The fourth-order valence-corrected chi connectivity index (χ4v) is 4.20. The fraction of sp³-hybridized carbons (Fsp3) is 0.217. The molecular formula is C23H22FN5O3S. The molecule has 10 heteroatoms. The van der Waals surface area contributed by atoms with Gasteiger partial charge in [0.25, 0.3) is 5.91 Å². The highest BCUT2D eigenvalue weighted by Gasteiger charge is 2.21. The first-order valence-electron chi connectivity index (χ1n) is 10.3. The molecule has 0 aliphatic heterocycles. The maximum Gasteiger partial charge on any atom is 0.272 e. The highest BCUT2D eigenvalue weighted by atomic mass is 32.2. The minimum atomic E-state index is -3.48. The summed E-state index contributed by atoms with van der Waals surface area (Å²) in [7, 11) is -3.48. The number of rotatable bonds is 7. The Kier molecular flexibility index (Phi) is 6.19. The summed E-state index contributed by atoms with van der Waals surface area (Å²) in [6.07, 6.45) is 8.61. The van der Waals surface area contributed by atoms with Crippen molar-refractivity contribution in [3.8, 4) is 11.4 Å². The van der Waals surface area contributed by atoms with Crippen molar-refractivity contribution in [3.63, 3.8) is 0 Å². The molecule has 0 spiro atoms. The van der Waals surface area contributed by atoms with Gasteiger partial charge in [0.15, 0.2) is 20.6 Å². The van der Waals surface area contributed by atoms with Gasteiger partial charge in [0.1, 0.15) is 11.6 Å². The topological polar surface area (TPSA) is 106 Å². The zero-order valence-electron chi connectivity index (χ0n) is 18.1. The summed E-state index contributed by atoms with van der Waals surface area (Å²) in [4.78, 5) is 25.8. The molecule has 0 unspecified atom stereocenters. The normalized spacial score (nSPS) is 12.6. The van der Waals surface area contributed by atoms with Gasteiger partial charge in [-0.05, 0) is 48.4 Å². The zero-order valence-corrected chi connectivity index (χ0v) is 18.9. The molecule has 0 fully saturated rings. The number of hydrogen-bond donors (Lipinski definition) is 1. The Balaban J connectivity index is 1.67. The van der Waals surface area contributed by atoms with E-state index in [0.717, 1.165) is 12.7 Å². The van der Waals surface area contributed by atoms with Gasteiger partial charge in [0.2, 0.25) is 0 Å². The summed E-state index contributed by atoms with van der Waals surface area (Å²) in [5, 5.41) is 2.92. The molecule has 0 aliphatic carbocycles. The Morgan fingerprint density at radius 3 is 2.58 bits per heavy atom. The molecule has 0 radical (unpaired) electrons. The molecule has 0 saturated carbocycles. The van der Waals surface area contributed by atoms with Crippen molar-refractivity contribution in [1.82, 2.24) is 24.7 Å². The molecule has 170 valence electrons. The number of pyridine rings is 1. The molecule has 0 bridgehead atoms. The quantitative estimate of drug-likeness (QED) is 0.445. The number of hydrogen-bond acceptors (Lipinski definition) is 6. The van der Waals surface area contributed by atoms with Gasteiger partial charge in [-0.3, -0.25) is 9.20 Å². The van der Waals surface area contributed by atoms with E-state index in [9.17, 15) is 17.6 Å². The van der Waals surface area contributed by atoms with Crippen LogP contribution >= 0.6 is 0 Å². The van der Waals surface area contributed by atoms with E-state index < -0.39 is 21.8 Å². The smallest absolute Gasteiger partial charge is 0.272 e. The van der Waals surface area contributed by atoms with E-state index in [1.807, 2.05) is 6.92 Å². The fourth-order valence-electron chi connectivity index (χ4n) is 3.60.